The van der Waals surface area contributed by atoms with E-state index in [-0.39, 0.29) is 17.6 Å². The molecule has 1 rings (SSSR count). The second-order valence-corrected chi connectivity index (χ2v) is 5.73. The Hall–Kier alpha value is -1.71. The van der Waals surface area contributed by atoms with E-state index in [1.165, 1.54) is 19.2 Å². The summed E-state index contributed by atoms with van der Waals surface area (Å²) in [6.07, 6.45) is 2.60. The van der Waals surface area contributed by atoms with Gasteiger partial charge >= 0.3 is 5.97 Å². The Morgan fingerprint density at radius 1 is 1.32 bits per heavy atom. The lowest BCUT2D eigenvalue weighted by atomic mass is 10.1. The molecule has 0 spiro atoms. The zero-order chi connectivity index (χ0) is 16.5. The third-order valence-electron chi connectivity index (χ3n) is 2.98. The van der Waals surface area contributed by atoms with Gasteiger partial charge < -0.3 is 10.1 Å². The number of hydrogen-bond donors (Lipinski definition) is 1. The predicted molar refractivity (Wildman–Crippen MR) is 88.6 cm³/mol. The Morgan fingerprint density at radius 3 is 2.68 bits per heavy atom. The minimum Gasteiger partial charge on any atom is -0.469 e. The van der Waals surface area contributed by atoms with E-state index in [0.717, 1.165) is 12.8 Å². The van der Waals surface area contributed by atoms with Crippen LogP contribution in [0.3, 0.4) is 0 Å². The van der Waals surface area contributed by atoms with Crippen molar-refractivity contribution in [3.8, 4) is 0 Å². The summed E-state index contributed by atoms with van der Waals surface area (Å²) in [6, 6.07) is 4.18. The number of esters is 1. The molecule has 1 aromatic carbocycles. The molecule has 0 fully saturated rings. The number of rotatable bonds is 8. The van der Waals surface area contributed by atoms with Crippen LogP contribution in [0.2, 0.25) is 0 Å². The van der Waals surface area contributed by atoms with Gasteiger partial charge in [-0.05, 0) is 41.5 Å². The Balaban J connectivity index is 2.41. The van der Waals surface area contributed by atoms with Gasteiger partial charge in [-0.15, -0.1) is 0 Å². The van der Waals surface area contributed by atoms with Gasteiger partial charge in [-0.3, -0.25) is 19.7 Å². The van der Waals surface area contributed by atoms with E-state index in [2.05, 4.69) is 10.1 Å². The molecule has 0 bridgehead atoms. The van der Waals surface area contributed by atoms with Crippen LogP contribution in [0.5, 0.6) is 0 Å². The highest BCUT2D eigenvalue weighted by molar-refractivity contribution is 14.1. The Morgan fingerprint density at radius 2 is 2.05 bits per heavy atom. The van der Waals surface area contributed by atoms with Crippen LogP contribution in [0.25, 0.3) is 0 Å². The van der Waals surface area contributed by atoms with Crippen LogP contribution in [0.4, 0.5) is 5.69 Å². The van der Waals surface area contributed by atoms with E-state index in [1.807, 2.05) is 22.6 Å². The normalized spacial score (nSPS) is 10.1. The molecule has 1 N–H and O–H groups in total. The van der Waals surface area contributed by atoms with E-state index < -0.39 is 4.92 Å². The van der Waals surface area contributed by atoms with E-state index >= 15 is 0 Å². The van der Waals surface area contributed by atoms with E-state index in [9.17, 15) is 19.7 Å². The van der Waals surface area contributed by atoms with Crippen molar-refractivity contribution in [2.75, 3.05) is 13.7 Å². The summed E-state index contributed by atoms with van der Waals surface area (Å²) in [5.41, 5.74) is 0.188. The molecule has 0 heterocycles. The van der Waals surface area contributed by atoms with Gasteiger partial charge in [0.15, 0.2) is 0 Å². The average Bonchev–Trinajstić information content (AvgIpc) is 2.50. The number of hydrogen-bond acceptors (Lipinski definition) is 5. The molecular weight excluding hydrogens is 403 g/mol. The molecule has 8 heteroatoms. The molecule has 0 radical (unpaired) electrons. The highest BCUT2D eigenvalue weighted by Crippen LogP contribution is 2.19. The minimum absolute atomic E-state index is 0.108. The molecule has 0 saturated heterocycles. The number of unbranched alkanes of at least 4 members (excludes halogenated alkanes) is 2. The molecule has 0 atom stereocenters. The summed E-state index contributed by atoms with van der Waals surface area (Å²) in [5.74, 6) is -0.573. The zero-order valence-electron chi connectivity index (χ0n) is 12.1. The number of ether oxygens (including phenoxy) is 1. The lowest BCUT2D eigenvalue weighted by Crippen LogP contribution is -2.25. The summed E-state index contributed by atoms with van der Waals surface area (Å²) >= 11 is 1.97. The fourth-order valence-corrected chi connectivity index (χ4v) is 2.35. The molecule has 0 aromatic heterocycles. The first-order valence-corrected chi connectivity index (χ1v) is 7.82. The third-order valence-corrected chi connectivity index (χ3v) is 3.92. The second kappa shape index (κ2) is 9.34. The minimum atomic E-state index is -0.528. The van der Waals surface area contributed by atoms with Crippen molar-refractivity contribution < 1.29 is 19.2 Å². The first-order chi connectivity index (χ1) is 10.5. The highest BCUT2D eigenvalue weighted by Gasteiger charge is 2.15. The fraction of sp³-hybridized carbons (Fsp3) is 0.429. The summed E-state index contributed by atoms with van der Waals surface area (Å²) in [5, 5.41) is 13.5. The highest BCUT2D eigenvalue weighted by atomic mass is 127. The maximum atomic E-state index is 12.0. The molecule has 0 aliphatic carbocycles. The number of nitro groups is 1. The molecule has 0 saturated carbocycles. The maximum absolute atomic E-state index is 12.0. The number of nitro benzene ring substituents is 1. The van der Waals surface area contributed by atoms with Crippen molar-refractivity contribution in [2.24, 2.45) is 0 Å². The third kappa shape index (κ3) is 5.96. The van der Waals surface area contributed by atoms with Gasteiger partial charge in [-0.2, -0.15) is 0 Å². The number of amides is 1. The van der Waals surface area contributed by atoms with Gasteiger partial charge in [-0.25, -0.2) is 0 Å². The van der Waals surface area contributed by atoms with Crippen LogP contribution >= 0.6 is 22.6 Å². The Bertz CT molecular complexity index is 562. The summed E-state index contributed by atoms with van der Waals surface area (Å²) in [4.78, 5) is 33.1. The summed E-state index contributed by atoms with van der Waals surface area (Å²) < 4.78 is 5.19. The van der Waals surface area contributed by atoms with Crippen LogP contribution in [-0.2, 0) is 9.53 Å². The van der Waals surface area contributed by atoms with Gasteiger partial charge in [0.2, 0.25) is 0 Å². The number of nitrogens with one attached hydrogen (secondary N) is 1. The average molecular weight is 420 g/mol. The first kappa shape index (κ1) is 18.3. The summed E-state index contributed by atoms with van der Waals surface area (Å²) in [6.45, 7) is 0.457. The Kier molecular flexibility index (Phi) is 7.78. The van der Waals surface area contributed by atoms with Gasteiger partial charge in [0.05, 0.1) is 17.6 Å². The van der Waals surface area contributed by atoms with Gasteiger partial charge in [0, 0.05) is 28.7 Å². The standard InChI is InChI=1S/C14H17IN2O5/c1-22-13(18)5-3-2-4-8-16-14(19)11-9-10(17(20)21)6-7-12(11)15/h6-7,9H,2-5,8H2,1H3,(H,16,19). The number of benzene rings is 1. The largest absolute Gasteiger partial charge is 0.469 e. The Labute approximate surface area is 141 Å². The van der Waals surface area contributed by atoms with Crippen molar-refractivity contribution in [2.45, 2.75) is 25.7 Å². The molecular formula is C14H17IN2O5. The lowest BCUT2D eigenvalue weighted by Gasteiger charge is -2.07. The van der Waals surface area contributed by atoms with Crippen molar-refractivity contribution in [3.63, 3.8) is 0 Å². The smallest absolute Gasteiger partial charge is 0.305 e. The fourth-order valence-electron chi connectivity index (χ4n) is 1.77. The molecule has 120 valence electrons. The number of nitrogens with zero attached hydrogens (tertiary/aromatic N) is 1. The molecule has 0 unspecified atom stereocenters. The SMILES string of the molecule is COC(=O)CCCCCNC(=O)c1cc([N+](=O)[O-])ccc1I. The van der Waals surface area contributed by atoms with Gasteiger partial charge in [0.1, 0.15) is 0 Å². The van der Waals surface area contributed by atoms with Crippen molar-refractivity contribution in [1.82, 2.24) is 5.32 Å². The number of halogens is 1. The van der Waals surface area contributed by atoms with Crippen molar-refractivity contribution in [3.05, 3.63) is 37.4 Å². The number of carbonyl (C=O) groups is 2. The summed E-state index contributed by atoms with van der Waals surface area (Å²) in [7, 11) is 1.35. The van der Waals surface area contributed by atoms with Crippen molar-refractivity contribution >= 4 is 40.2 Å². The monoisotopic (exact) mass is 420 g/mol. The van der Waals surface area contributed by atoms with Gasteiger partial charge in [-0.1, -0.05) is 6.42 Å². The molecule has 0 aliphatic heterocycles. The topological polar surface area (TPSA) is 98.5 Å². The van der Waals surface area contributed by atoms with Crippen molar-refractivity contribution in [1.29, 1.82) is 0 Å². The predicted octanol–water partition coefficient (Wildman–Crippen LogP) is 2.66. The van der Waals surface area contributed by atoms with E-state index in [4.69, 9.17) is 0 Å². The van der Waals surface area contributed by atoms with Crippen LogP contribution in [0.15, 0.2) is 18.2 Å². The molecule has 0 aliphatic rings. The van der Waals surface area contributed by atoms with Crippen LogP contribution in [0, 0.1) is 13.7 Å². The van der Waals surface area contributed by atoms with Crippen LogP contribution in [0.1, 0.15) is 36.0 Å². The zero-order valence-corrected chi connectivity index (χ0v) is 14.3. The number of non-ortho nitro benzene ring substituents is 1. The van der Waals surface area contributed by atoms with E-state index in [1.54, 1.807) is 6.07 Å². The van der Waals surface area contributed by atoms with Gasteiger partial charge in [0.25, 0.3) is 11.6 Å². The molecule has 22 heavy (non-hydrogen) atoms. The van der Waals surface area contributed by atoms with E-state index in [0.29, 0.717) is 28.5 Å². The first-order valence-electron chi connectivity index (χ1n) is 6.74. The molecule has 1 amide bonds. The number of methoxy groups -OCH3 is 1. The second-order valence-electron chi connectivity index (χ2n) is 4.56. The van der Waals surface area contributed by atoms with Crippen LogP contribution < -0.4 is 5.32 Å². The van der Waals surface area contributed by atoms with Crippen LogP contribution in [-0.4, -0.2) is 30.5 Å². The quantitative estimate of drug-likeness (QED) is 0.229. The molecule has 1 aromatic rings. The lowest BCUT2D eigenvalue weighted by molar-refractivity contribution is -0.384. The maximum Gasteiger partial charge on any atom is 0.305 e. The number of carbonyl (C=O) groups excluding carboxylic acids is 2. The molecule has 7 nitrogen and oxygen atoms in total.